The number of rotatable bonds is 4. The highest BCUT2D eigenvalue weighted by Crippen LogP contribution is 2.32. The van der Waals surface area contributed by atoms with Gasteiger partial charge in [-0.2, -0.15) is 0 Å². The predicted molar refractivity (Wildman–Crippen MR) is 138 cm³/mol. The van der Waals surface area contributed by atoms with Gasteiger partial charge in [-0.05, 0) is 61.9 Å². The van der Waals surface area contributed by atoms with E-state index in [9.17, 15) is 9.00 Å². The summed E-state index contributed by atoms with van der Waals surface area (Å²) in [6.45, 7) is 3.28. The van der Waals surface area contributed by atoms with E-state index in [2.05, 4.69) is 15.6 Å². The van der Waals surface area contributed by atoms with Crippen molar-refractivity contribution in [3.8, 4) is 0 Å². The van der Waals surface area contributed by atoms with Gasteiger partial charge in [0.15, 0.2) is 0 Å². The molecule has 2 N–H and O–H groups in total. The predicted octanol–water partition coefficient (Wildman–Crippen LogP) is 3.66. The summed E-state index contributed by atoms with van der Waals surface area (Å²) in [7, 11) is -2.36. The number of hydrogen-bond acceptors (Lipinski definition) is 7. The molecule has 9 heteroatoms. The summed E-state index contributed by atoms with van der Waals surface area (Å²) in [5.41, 5.74) is 1.60. The van der Waals surface area contributed by atoms with Gasteiger partial charge in [-0.15, -0.1) is 11.3 Å². The molecule has 5 rings (SSSR count). The van der Waals surface area contributed by atoms with Gasteiger partial charge in [0.25, 0.3) is 5.91 Å². The topological polar surface area (TPSA) is 87.2 Å². The zero-order valence-electron chi connectivity index (χ0n) is 18.7. The van der Waals surface area contributed by atoms with E-state index in [4.69, 9.17) is 4.98 Å². The van der Waals surface area contributed by atoms with E-state index in [1.807, 2.05) is 47.4 Å². The molecule has 0 radical (unpaired) electrons. The molecule has 172 valence electrons. The number of carbonyl (C=O) groups excluding carboxylic acids is 1. The molecule has 2 aromatic heterocycles. The Hall–Kier alpha value is -2.88. The number of thiol groups is 1. The zero-order chi connectivity index (χ0) is 23.0. The lowest BCUT2D eigenvalue weighted by Crippen LogP contribution is -2.33. The molecule has 4 aromatic rings. The number of anilines is 2. The molecule has 0 spiro atoms. The second-order valence-corrected chi connectivity index (χ2v) is 12.9. The summed E-state index contributed by atoms with van der Waals surface area (Å²) in [4.78, 5) is 25.8. The monoisotopic (exact) mass is 481 g/mol. The maximum atomic E-state index is 13.1. The van der Waals surface area contributed by atoms with Crippen molar-refractivity contribution < 1.29 is 9.00 Å². The molecule has 7 nitrogen and oxygen atoms in total. The lowest BCUT2D eigenvalue weighted by atomic mass is 10.1. The van der Waals surface area contributed by atoms with Gasteiger partial charge in [-0.1, -0.05) is 16.0 Å². The van der Waals surface area contributed by atoms with Gasteiger partial charge >= 0.3 is 0 Å². The number of nitrogens with zero attached hydrogens (tertiary/aromatic N) is 3. The zero-order valence-corrected chi connectivity index (χ0v) is 20.4. The number of nitrogens with one attached hydrogen (secondary N) is 2. The lowest BCUT2D eigenvalue weighted by molar-refractivity contribution is 0.0771. The van der Waals surface area contributed by atoms with Gasteiger partial charge in [0.1, 0.15) is 0 Å². The molecule has 1 amide bonds. The Morgan fingerprint density at radius 2 is 2.03 bits per heavy atom. The van der Waals surface area contributed by atoms with Crippen LogP contribution in [-0.4, -0.2) is 63.7 Å². The largest absolute Gasteiger partial charge is 0.337 e. The molecule has 0 saturated carbocycles. The van der Waals surface area contributed by atoms with E-state index < -0.39 is 9.93 Å². The smallest absolute Gasteiger partial charge is 0.264 e. The number of hydrogen-bond donors (Lipinski definition) is 3. The van der Waals surface area contributed by atoms with Crippen LogP contribution in [0.25, 0.3) is 21.0 Å². The fourth-order valence-corrected chi connectivity index (χ4v) is 5.95. The summed E-state index contributed by atoms with van der Waals surface area (Å²) in [6.07, 6.45) is 6.27. The molecule has 0 atom stereocenters. The maximum absolute atomic E-state index is 13.1. The minimum absolute atomic E-state index is 0.0841. The minimum atomic E-state index is -2.36. The van der Waals surface area contributed by atoms with Crippen molar-refractivity contribution in [3.05, 3.63) is 53.5 Å². The molecule has 1 fully saturated rings. The first kappa shape index (κ1) is 21.9. The molecule has 0 bridgehead atoms. The maximum Gasteiger partial charge on any atom is 0.264 e. The SMILES string of the molecule is C[SH](C)(=O)c1cccc(Nc2ncc3ccc4sc(C(=O)N5CCCNCC5)cc4c3n2)c1. The van der Waals surface area contributed by atoms with Crippen molar-refractivity contribution in [2.75, 3.05) is 44.0 Å². The molecule has 0 aliphatic carbocycles. The molecule has 1 aliphatic rings. The first-order valence-electron chi connectivity index (χ1n) is 11.0. The average Bonchev–Trinajstić information content (AvgIpc) is 3.06. The van der Waals surface area contributed by atoms with Crippen LogP contribution in [0.5, 0.6) is 0 Å². The van der Waals surface area contributed by atoms with Gasteiger partial charge in [0.2, 0.25) is 5.95 Å². The molecule has 1 aliphatic heterocycles. The van der Waals surface area contributed by atoms with Crippen LogP contribution in [0.1, 0.15) is 16.1 Å². The van der Waals surface area contributed by atoms with Gasteiger partial charge < -0.3 is 15.5 Å². The first-order chi connectivity index (χ1) is 15.9. The molecule has 3 heterocycles. The summed E-state index contributed by atoms with van der Waals surface area (Å²) >= 11 is 1.51. The van der Waals surface area contributed by atoms with Crippen molar-refractivity contribution >= 4 is 59.8 Å². The third-order valence-electron chi connectivity index (χ3n) is 5.81. The molecule has 33 heavy (non-hydrogen) atoms. The quantitative estimate of drug-likeness (QED) is 0.386. The Kier molecular flexibility index (Phi) is 5.86. The van der Waals surface area contributed by atoms with E-state index in [0.29, 0.717) is 5.95 Å². The van der Waals surface area contributed by atoms with Crippen molar-refractivity contribution in [2.45, 2.75) is 11.3 Å². The highest BCUT2D eigenvalue weighted by atomic mass is 32.2. The number of fused-ring (bicyclic) bond motifs is 3. The van der Waals surface area contributed by atoms with E-state index in [1.165, 1.54) is 11.3 Å². The molecule has 1 saturated heterocycles. The molecular weight excluding hydrogens is 454 g/mol. The fraction of sp³-hybridized carbons (Fsp3) is 0.292. The van der Waals surface area contributed by atoms with Crippen LogP contribution in [-0.2, 0) is 9.93 Å². The second kappa shape index (κ2) is 8.81. The van der Waals surface area contributed by atoms with E-state index in [-0.39, 0.29) is 5.91 Å². The van der Waals surface area contributed by atoms with Gasteiger partial charge in [-0.3, -0.25) is 9.00 Å². The summed E-state index contributed by atoms with van der Waals surface area (Å²) in [5.74, 6) is 0.549. The average molecular weight is 482 g/mol. The van der Waals surface area contributed by atoms with E-state index >= 15 is 0 Å². The highest BCUT2D eigenvalue weighted by Gasteiger charge is 2.20. The minimum Gasteiger partial charge on any atom is -0.337 e. The van der Waals surface area contributed by atoms with E-state index in [1.54, 1.807) is 18.7 Å². The highest BCUT2D eigenvalue weighted by molar-refractivity contribution is 8.01. The van der Waals surface area contributed by atoms with Crippen molar-refractivity contribution in [3.63, 3.8) is 0 Å². The van der Waals surface area contributed by atoms with Crippen LogP contribution < -0.4 is 10.6 Å². The third kappa shape index (κ3) is 4.62. The standard InChI is InChI=1S/C24H27N5O2S2/c1-33(2,31)18-6-3-5-17(13-18)27-24-26-15-16-7-8-20-19(22(16)28-24)14-21(32-20)23(30)29-11-4-9-25-10-12-29/h3,5-8,13-15,25,33H,4,9-12H2,1-2H3,(H,26,27,28). The number of thiophene rings is 1. The number of aromatic nitrogens is 2. The second-order valence-electron chi connectivity index (χ2n) is 8.64. The van der Waals surface area contributed by atoms with Crippen LogP contribution in [0.2, 0.25) is 0 Å². The number of benzene rings is 2. The van der Waals surface area contributed by atoms with Crippen LogP contribution in [0.4, 0.5) is 11.6 Å². The Balaban J connectivity index is 1.49. The van der Waals surface area contributed by atoms with Crippen LogP contribution in [0, 0.1) is 0 Å². The molecular formula is C24H27N5O2S2. The van der Waals surface area contributed by atoms with Crippen LogP contribution in [0.15, 0.2) is 53.6 Å². The number of carbonyl (C=O) groups is 1. The van der Waals surface area contributed by atoms with Gasteiger partial charge in [0, 0.05) is 51.9 Å². The Morgan fingerprint density at radius 3 is 2.88 bits per heavy atom. The summed E-state index contributed by atoms with van der Waals surface area (Å²) in [5, 5.41) is 8.46. The summed E-state index contributed by atoms with van der Waals surface area (Å²) in [6, 6.07) is 13.5. The molecule has 0 unspecified atom stereocenters. The lowest BCUT2D eigenvalue weighted by Gasteiger charge is -2.18. The normalized spacial score (nSPS) is 15.5. The van der Waals surface area contributed by atoms with Gasteiger partial charge in [0.05, 0.1) is 10.4 Å². The fourth-order valence-electron chi connectivity index (χ4n) is 4.03. The Bertz CT molecular complexity index is 1390. The third-order valence-corrected chi connectivity index (χ3v) is 8.42. The van der Waals surface area contributed by atoms with E-state index in [0.717, 1.165) is 69.0 Å². The van der Waals surface area contributed by atoms with Crippen LogP contribution in [0.3, 0.4) is 0 Å². The Morgan fingerprint density at radius 1 is 1.15 bits per heavy atom. The molecule has 2 aromatic carbocycles. The van der Waals surface area contributed by atoms with Crippen LogP contribution >= 0.6 is 11.3 Å². The van der Waals surface area contributed by atoms with Gasteiger partial charge in [-0.25, -0.2) is 9.97 Å². The number of amides is 1. The summed E-state index contributed by atoms with van der Waals surface area (Å²) < 4.78 is 13.5. The van der Waals surface area contributed by atoms with Crippen molar-refractivity contribution in [1.82, 2.24) is 20.2 Å². The first-order valence-corrected chi connectivity index (χ1v) is 14.4. The van der Waals surface area contributed by atoms with Crippen molar-refractivity contribution in [1.29, 1.82) is 0 Å². The van der Waals surface area contributed by atoms with Crippen molar-refractivity contribution in [2.24, 2.45) is 0 Å². The Labute approximate surface area is 197 Å².